The number of anilines is 1. The Kier molecular flexibility index (Phi) is 8.90. The van der Waals surface area contributed by atoms with E-state index in [4.69, 9.17) is 9.47 Å². The normalized spacial score (nSPS) is 29.3. The summed E-state index contributed by atoms with van der Waals surface area (Å²) in [5.41, 5.74) is 0.568. The standard InChI is InChI=1S/C32H44N2O6/c1-7-11-12-19-39-30(38)25-24-28(36)34(23(9-3)20-35)27(32(24)17-16-31(25,10-4)40-32)29(37)33(18-8-2)26-21(5)14-13-15-22(26)6/h7-8,13-15,23-25,27,35H,1-2,9-12,16-20H2,3-6H3/t23-,24-,25-,27?,31+,32?/m0/s1. The summed E-state index contributed by atoms with van der Waals surface area (Å²) in [5, 5.41) is 10.3. The van der Waals surface area contributed by atoms with Crippen molar-refractivity contribution < 1.29 is 29.0 Å². The number of rotatable bonds is 13. The molecule has 6 atom stereocenters. The quantitative estimate of drug-likeness (QED) is 0.223. The van der Waals surface area contributed by atoms with Crippen LogP contribution < -0.4 is 4.90 Å². The first-order valence-electron chi connectivity index (χ1n) is 14.6. The lowest BCUT2D eigenvalue weighted by Gasteiger charge is -2.40. The van der Waals surface area contributed by atoms with Crippen LogP contribution in [0.2, 0.25) is 0 Å². The Labute approximate surface area is 238 Å². The summed E-state index contributed by atoms with van der Waals surface area (Å²) < 4.78 is 12.5. The van der Waals surface area contributed by atoms with Gasteiger partial charge in [-0.3, -0.25) is 14.4 Å². The van der Waals surface area contributed by atoms with Crippen LogP contribution in [0.25, 0.3) is 0 Å². The topological polar surface area (TPSA) is 96.4 Å². The fourth-order valence-electron chi connectivity index (χ4n) is 7.39. The molecule has 3 saturated heterocycles. The number of aliphatic hydroxyl groups excluding tert-OH is 1. The van der Waals surface area contributed by atoms with Crippen molar-refractivity contribution in [3.63, 3.8) is 0 Å². The number of fused-ring (bicyclic) bond motifs is 1. The third-order valence-electron chi connectivity index (χ3n) is 9.27. The second kappa shape index (κ2) is 11.9. The molecular formula is C32H44N2O6. The van der Waals surface area contributed by atoms with Crippen LogP contribution in [0.3, 0.4) is 0 Å². The van der Waals surface area contributed by atoms with Gasteiger partial charge in [-0.1, -0.05) is 44.2 Å². The van der Waals surface area contributed by atoms with Gasteiger partial charge < -0.3 is 24.4 Å². The molecule has 3 aliphatic rings. The van der Waals surface area contributed by atoms with Crippen molar-refractivity contribution in [3.8, 4) is 0 Å². The van der Waals surface area contributed by atoms with Crippen LogP contribution >= 0.6 is 0 Å². The molecule has 1 aromatic carbocycles. The van der Waals surface area contributed by atoms with Gasteiger partial charge >= 0.3 is 5.97 Å². The van der Waals surface area contributed by atoms with Crippen molar-refractivity contribution in [2.45, 2.75) is 89.5 Å². The maximum Gasteiger partial charge on any atom is 0.312 e. The highest BCUT2D eigenvalue weighted by Gasteiger charge is 2.79. The average Bonchev–Trinajstić information content (AvgIpc) is 3.55. The summed E-state index contributed by atoms with van der Waals surface area (Å²) in [6, 6.07) is 4.27. The number of likely N-dealkylation sites (tertiary alicyclic amines) is 1. The zero-order valence-corrected chi connectivity index (χ0v) is 24.4. The molecule has 0 radical (unpaired) electrons. The Bertz CT molecular complexity index is 1140. The number of allylic oxidation sites excluding steroid dienone is 1. The molecule has 2 amide bonds. The van der Waals surface area contributed by atoms with Gasteiger partial charge in [0.25, 0.3) is 5.91 Å². The number of nitrogens with zero attached hydrogens (tertiary/aromatic N) is 2. The molecule has 218 valence electrons. The lowest BCUT2D eigenvalue weighted by molar-refractivity contribution is -0.162. The number of aliphatic hydroxyl groups is 1. The summed E-state index contributed by atoms with van der Waals surface area (Å²) in [6.45, 7) is 15.5. The highest BCUT2D eigenvalue weighted by atomic mass is 16.6. The fourth-order valence-corrected chi connectivity index (χ4v) is 7.39. The molecule has 3 aliphatic heterocycles. The Balaban J connectivity index is 1.83. The van der Waals surface area contributed by atoms with Crippen LogP contribution in [0.1, 0.15) is 63.5 Å². The lowest BCUT2D eigenvalue weighted by atomic mass is 9.65. The van der Waals surface area contributed by atoms with E-state index in [-0.39, 0.29) is 31.6 Å². The Morgan fingerprint density at radius 1 is 1.23 bits per heavy atom. The summed E-state index contributed by atoms with van der Waals surface area (Å²) in [4.78, 5) is 46.0. The van der Waals surface area contributed by atoms with E-state index < -0.39 is 41.1 Å². The predicted molar refractivity (Wildman–Crippen MR) is 154 cm³/mol. The van der Waals surface area contributed by atoms with Crippen LogP contribution in [-0.4, -0.2) is 70.8 Å². The molecule has 0 saturated carbocycles. The number of aryl methyl sites for hydroxylation is 2. The minimum atomic E-state index is -1.19. The zero-order valence-electron chi connectivity index (χ0n) is 24.4. The number of hydrogen-bond donors (Lipinski definition) is 1. The van der Waals surface area contributed by atoms with Crippen LogP contribution in [0.4, 0.5) is 5.69 Å². The highest BCUT2D eigenvalue weighted by Crippen LogP contribution is 2.65. The van der Waals surface area contributed by atoms with E-state index >= 15 is 0 Å². The molecule has 2 unspecified atom stereocenters. The minimum Gasteiger partial charge on any atom is -0.465 e. The van der Waals surface area contributed by atoms with E-state index in [0.717, 1.165) is 23.2 Å². The van der Waals surface area contributed by atoms with Crippen molar-refractivity contribution in [2.24, 2.45) is 11.8 Å². The number of para-hydroxylation sites is 1. The van der Waals surface area contributed by atoms with Crippen molar-refractivity contribution in [1.82, 2.24) is 4.90 Å². The number of amides is 2. The Morgan fingerprint density at radius 2 is 1.93 bits per heavy atom. The average molecular weight is 553 g/mol. The molecule has 40 heavy (non-hydrogen) atoms. The maximum absolute atomic E-state index is 14.8. The molecule has 3 heterocycles. The van der Waals surface area contributed by atoms with Gasteiger partial charge in [0.15, 0.2) is 0 Å². The first-order valence-corrected chi connectivity index (χ1v) is 14.6. The lowest BCUT2D eigenvalue weighted by Crippen LogP contribution is -2.59. The van der Waals surface area contributed by atoms with Gasteiger partial charge in [-0.15, -0.1) is 13.2 Å². The van der Waals surface area contributed by atoms with Crippen LogP contribution in [0, 0.1) is 25.7 Å². The third kappa shape index (κ3) is 4.59. The molecule has 1 N–H and O–H groups in total. The van der Waals surface area contributed by atoms with E-state index in [9.17, 15) is 19.5 Å². The molecule has 8 heteroatoms. The molecule has 3 fully saturated rings. The number of hydrogen-bond acceptors (Lipinski definition) is 6. The van der Waals surface area contributed by atoms with E-state index in [1.807, 2.05) is 45.9 Å². The molecular weight excluding hydrogens is 508 g/mol. The molecule has 1 aromatic rings. The SMILES string of the molecule is C=CCCCOC(=O)[C@@H]1[C@H]2C(=O)N([C@@H](CC)CO)C(C(=O)N(CC=C)c3c(C)cccc3C)C23CC[C@@]1(CC)O3. The molecule has 0 aliphatic carbocycles. The molecule has 2 bridgehead atoms. The van der Waals surface area contributed by atoms with Crippen LogP contribution in [0.15, 0.2) is 43.5 Å². The molecule has 4 rings (SSSR count). The van der Waals surface area contributed by atoms with E-state index in [0.29, 0.717) is 32.1 Å². The van der Waals surface area contributed by atoms with Gasteiger partial charge in [0.2, 0.25) is 5.91 Å². The van der Waals surface area contributed by atoms with Gasteiger partial charge in [-0.2, -0.15) is 0 Å². The van der Waals surface area contributed by atoms with E-state index in [1.54, 1.807) is 17.1 Å². The second-order valence-electron chi connectivity index (χ2n) is 11.4. The maximum atomic E-state index is 14.8. The molecule has 1 spiro atoms. The van der Waals surface area contributed by atoms with Gasteiger partial charge in [-0.05, 0) is 63.5 Å². The smallest absolute Gasteiger partial charge is 0.312 e. The van der Waals surface area contributed by atoms with Gasteiger partial charge in [0, 0.05) is 12.2 Å². The monoisotopic (exact) mass is 552 g/mol. The van der Waals surface area contributed by atoms with Gasteiger partial charge in [-0.25, -0.2) is 0 Å². The van der Waals surface area contributed by atoms with Crippen molar-refractivity contribution in [3.05, 3.63) is 54.6 Å². The van der Waals surface area contributed by atoms with Crippen molar-refractivity contribution in [1.29, 1.82) is 0 Å². The fraction of sp³-hybridized carbons (Fsp3) is 0.594. The number of carbonyl (C=O) groups excluding carboxylic acids is 3. The number of unbranched alkanes of at least 4 members (excludes halogenated alkanes) is 1. The number of esters is 1. The Morgan fingerprint density at radius 3 is 2.50 bits per heavy atom. The first-order chi connectivity index (χ1) is 19.2. The highest BCUT2D eigenvalue weighted by molar-refractivity contribution is 6.05. The molecule has 8 nitrogen and oxygen atoms in total. The number of ether oxygens (including phenoxy) is 2. The molecule has 0 aromatic heterocycles. The number of carbonyl (C=O) groups is 3. The summed E-state index contributed by atoms with van der Waals surface area (Å²) in [5.74, 6) is -2.72. The summed E-state index contributed by atoms with van der Waals surface area (Å²) in [7, 11) is 0. The third-order valence-corrected chi connectivity index (χ3v) is 9.27. The summed E-state index contributed by atoms with van der Waals surface area (Å²) in [6.07, 6.45) is 6.82. The summed E-state index contributed by atoms with van der Waals surface area (Å²) >= 11 is 0. The van der Waals surface area contributed by atoms with Gasteiger partial charge in [0.1, 0.15) is 17.6 Å². The number of benzene rings is 1. The van der Waals surface area contributed by atoms with Crippen LogP contribution in [-0.2, 0) is 23.9 Å². The largest absolute Gasteiger partial charge is 0.465 e. The Hall–Kier alpha value is -2.97. The minimum absolute atomic E-state index is 0.231. The second-order valence-corrected chi connectivity index (χ2v) is 11.4. The first kappa shape index (κ1) is 30.0. The zero-order chi connectivity index (χ0) is 29.2. The van der Waals surface area contributed by atoms with E-state index in [1.165, 1.54) is 4.90 Å². The van der Waals surface area contributed by atoms with Gasteiger partial charge in [0.05, 0.1) is 30.8 Å². The van der Waals surface area contributed by atoms with E-state index in [2.05, 4.69) is 13.2 Å². The predicted octanol–water partition coefficient (Wildman–Crippen LogP) is 4.26. The van der Waals surface area contributed by atoms with Crippen LogP contribution in [0.5, 0.6) is 0 Å². The van der Waals surface area contributed by atoms with Crippen molar-refractivity contribution in [2.75, 3.05) is 24.7 Å². The van der Waals surface area contributed by atoms with Crippen molar-refractivity contribution >= 4 is 23.5 Å².